The predicted octanol–water partition coefficient (Wildman–Crippen LogP) is 8.39. The topological polar surface area (TPSA) is 25.8 Å². The van der Waals surface area contributed by atoms with Crippen molar-refractivity contribution in [1.82, 2.24) is 9.97 Å². The highest BCUT2D eigenvalue weighted by molar-refractivity contribution is 5.55. The Morgan fingerprint density at radius 1 is 0.500 bits per heavy atom. The fourth-order valence-electron chi connectivity index (χ4n) is 4.22. The first-order chi connectivity index (χ1) is 15.8. The lowest BCUT2D eigenvalue weighted by atomic mass is 10.0. The molecule has 0 aliphatic carbocycles. The molecule has 0 aliphatic rings. The zero-order valence-corrected chi connectivity index (χ0v) is 19.9. The Labute approximate surface area is 195 Å². The van der Waals surface area contributed by atoms with Gasteiger partial charge in [-0.25, -0.2) is 9.97 Å². The van der Waals surface area contributed by atoms with Crippen LogP contribution < -0.4 is 0 Å². The van der Waals surface area contributed by atoms with Crippen molar-refractivity contribution < 1.29 is 0 Å². The lowest BCUT2D eigenvalue weighted by Crippen LogP contribution is -1.94. The van der Waals surface area contributed by atoms with Gasteiger partial charge in [-0.15, -0.1) is 0 Å². The van der Waals surface area contributed by atoms with Gasteiger partial charge in [0.2, 0.25) is 0 Å². The number of unbranched alkanes of at least 4 members (excludes halogenated alkanes) is 8. The zero-order valence-electron chi connectivity index (χ0n) is 19.9. The zero-order chi connectivity index (χ0) is 22.3. The number of hydrogen-bond acceptors (Lipinski definition) is 2. The number of benzene rings is 2. The van der Waals surface area contributed by atoms with Crippen LogP contribution in [0, 0.1) is 0 Å². The maximum atomic E-state index is 4.63. The van der Waals surface area contributed by atoms with Gasteiger partial charge in [-0.1, -0.05) is 106 Å². The molecule has 0 aliphatic heterocycles. The minimum atomic E-state index is 0.834. The van der Waals surface area contributed by atoms with Crippen LogP contribution in [-0.4, -0.2) is 9.97 Å². The van der Waals surface area contributed by atoms with Crippen LogP contribution in [0.25, 0.3) is 11.4 Å². The first-order valence-electron chi connectivity index (χ1n) is 12.8. The van der Waals surface area contributed by atoms with Gasteiger partial charge in [-0.2, -0.15) is 0 Å². The van der Waals surface area contributed by atoms with Gasteiger partial charge in [-0.05, 0) is 55.2 Å². The summed E-state index contributed by atoms with van der Waals surface area (Å²) in [5.74, 6) is 0.834. The minimum absolute atomic E-state index is 0.834. The highest BCUT2D eigenvalue weighted by Gasteiger charge is 2.03. The summed E-state index contributed by atoms with van der Waals surface area (Å²) < 4.78 is 0. The summed E-state index contributed by atoms with van der Waals surface area (Å²) in [6.07, 6.45) is 20.7. The Kier molecular flexibility index (Phi) is 11.0. The highest BCUT2D eigenvalue weighted by Crippen LogP contribution is 2.18. The van der Waals surface area contributed by atoms with Crippen molar-refractivity contribution in [3.8, 4) is 11.4 Å². The van der Waals surface area contributed by atoms with E-state index in [2.05, 4.69) is 71.5 Å². The molecular weight excluding hydrogens is 388 g/mol. The maximum absolute atomic E-state index is 4.63. The molecule has 2 heteroatoms. The normalized spacial score (nSPS) is 11.0. The van der Waals surface area contributed by atoms with E-state index in [1.54, 1.807) is 0 Å². The van der Waals surface area contributed by atoms with Gasteiger partial charge < -0.3 is 0 Å². The maximum Gasteiger partial charge on any atom is 0.159 e. The van der Waals surface area contributed by atoms with Crippen molar-refractivity contribution in [3.63, 3.8) is 0 Å². The lowest BCUT2D eigenvalue weighted by molar-refractivity contribution is 0.575. The van der Waals surface area contributed by atoms with E-state index in [1.165, 1.54) is 80.9 Å². The van der Waals surface area contributed by atoms with Gasteiger partial charge in [-0.3, -0.25) is 0 Å². The van der Waals surface area contributed by atoms with E-state index in [0.717, 1.165) is 30.7 Å². The Balaban J connectivity index is 1.34. The molecule has 0 radical (unpaired) electrons. The van der Waals surface area contributed by atoms with E-state index >= 15 is 0 Å². The third-order valence-electron chi connectivity index (χ3n) is 6.26. The summed E-state index contributed by atoms with van der Waals surface area (Å²) in [4.78, 5) is 9.25. The summed E-state index contributed by atoms with van der Waals surface area (Å²) in [5, 5.41) is 0. The van der Waals surface area contributed by atoms with Crippen LogP contribution in [0.2, 0.25) is 0 Å². The van der Waals surface area contributed by atoms with Gasteiger partial charge in [0.15, 0.2) is 5.82 Å². The van der Waals surface area contributed by atoms with Crippen LogP contribution in [0.1, 0.15) is 87.8 Å². The molecule has 0 saturated carbocycles. The molecule has 2 aromatic carbocycles. The summed E-state index contributed by atoms with van der Waals surface area (Å²) in [7, 11) is 0. The summed E-state index contributed by atoms with van der Waals surface area (Å²) in [6.45, 7) is 2.28. The van der Waals surface area contributed by atoms with Crippen molar-refractivity contribution in [2.75, 3.05) is 0 Å². The van der Waals surface area contributed by atoms with Crippen molar-refractivity contribution in [3.05, 3.63) is 83.7 Å². The van der Waals surface area contributed by atoms with E-state index in [1.807, 2.05) is 12.4 Å². The predicted molar refractivity (Wildman–Crippen MR) is 137 cm³/mol. The van der Waals surface area contributed by atoms with E-state index < -0.39 is 0 Å². The van der Waals surface area contributed by atoms with Gasteiger partial charge in [0.25, 0.3) is 0 Å². The third-order valence-corrected chi connectivity index (χ3v) is 6.26. The molecule has 3 rings (SSSR count). The highest BCUT2D eigenvalue weighted by atomic mass is 14.9. The number of aryl methyl sites for hydroxylation is 3. The Hall–Kier alpha value is -2.48. The van der Waals surface area contributed by atoms with Crippen molar-refractivity contribution in [1.29, 1.82) is 0 Å². The van der Waals surface area contributed by atoms with Crippen LogP contribution in [0.5, 0.6) is 0 Å². The average molecular weight is 429 g/mol. The molecule has 0 saturated heterocycles. The molecule has 3 aromatic rings. The second-order valence-electron chi connectivity index (χ2n) is 9.03. The molecule has 1 heterocycles. The molecule has 0 unspecified atom stereocenters. The van der Waals surface area contributed by atoms with Crippen molar-refractivity contribution in [2.45, 2.75) is 90.4 Å². The largest absolute Gasteiger partial charge is 0.236 e. The summed E-state index contributed by atoms with van der Waals surface area (Å²) in [6, 6.07) is 19.6. The molecule has 0 amide bonds. The number of nitrogens with zero attached hydrogens (tertiary/aromatic N) is 2. The Morgan fingerprint density at radius 2 is 1.00 bits per heavy atom. The van der Waals surface area contributed by atoms with E-state index in [4.69, 9.17) is 0 Å². The molecule has 170 valence electrons. The van der Waals surface area contributed by atoms with Crippen LogP contribution >= 0.6 is 0 Å². The average Bonchev–Trinajstić information content (AvgIpc) is 2.85. The molecule has 0 bridgehead atoms. The second kappa shape index (κ2) is 14.6. The van der Waals surface area contributed by atoms with Crippen molar-refractivity contribution >= 4 is 0 Å². The molecule has 2 nitrogen and oxygen atoms in total. The molecule has 0 fully saturated rings. The quantitative estimate of drug-likeness (QED) is 0.227. The first kappa shape index (κ1) is 24.2. The van der Waals surface area contributed by atoms with Crippen LogP contribution in [0.3, 0.4) is 0 Å². The molecule has 0 N–H and O–H groups in total. The van der Waals surface area contributed by atoms with Crippen LogP contribution in [0.4, 0.5) is 0 Å². The van der Waals surface area contributed by atoms with Crippen LogP contribution in [0.15, 0.2) is 67.0 Å². The van der Waals surface area contributed by atoms with Gasteiger partial charge in [0.1, 0.15) is 0 Å². The molecule has 1 aromatic heterocycles. The standard InChI is InChI=1S/C30H40N2/c1-2-3-4-5-6-7-8-10-19-28-24-31-30(32-25-28)29-22-20-27(21-23-29)18-14-13-17-26-15-11-9-12-16-26/h9,11-12,15-16,20-25H,2-8,10,13-14,17-19H2,1H3. The second-order valence-corrected chi connectivity index (χ2v) is 9.03. The molecule has 32 heavy (non-hydrogen) atoms. The fourth-order valence-corrected chi connectivity index (χ4v) is 4.22. The lowest BCUT2D eigenvalue weighted by Gasteiger charge is -2.06. The Bertz CT molecular complexity index is 854. The third kappa shape index (κ3) is 8.94. The summed E-state index contributed by atoms with van der Waals surface area (Å²) >= 11 is 0. The van der Waals surface area contributed by atoms with Crippen LogP contribution in [-0.2, 0) is 19.3 Å². The molecule has 0 atom stereocenters. The van der Waals surface area contributed by atoms with E-state index in [-0.39, 0.29) is 0 Å². The van der Waals surface area contributed by atoms with E-state index in [9.17, 15) is 0 Å². The van der Waals surface area contributed by atoms with Gasteiger partial charge >= 0.3 is 0 Å². The first-order valence-corrected chi connectivity index (χ1v) is 12.8. The number of hydrogen-bond donors (Lipinski definition) is 0. The monoisotopic (exact) mass is 428 g/mol. The summed E-state index contributed by atoms with van der Waals surface area (Å²) in [5.41, 5.74) is 5.20. The smallest absolute Gasteiger partial charge is 0.159 e. The number of rotatable bonds is 15. The molecule has 0 spiro atoms. The van der Waals surface area contributed by atoms with Gasteiger partial charge in [0, 0.05) is 18.0 Å². The van der Waals surface area contributed by atoms with Gasteiger partial charge in [0.05, 0.1) is 0 Å². The SMILES string of the molecule is CCCCCCCCCCc1cnc(-c2ccc(CCCCc3ccccc3)cc2)nc1. The molecular formula is C30H40N2. The van der Waals surface area contributed by atoms with E-state index in [0.29, 0.717) is 0 Å². The fraction of sp³-hybridized carbons (Fsp3) is 0.467. The number of aromatic nitrogens is 2. The van der Waals surface area contributed by atoms with Crippen molar-refractivity contribution in [2.24, 2.45) is 0 Å². The minimum Gasteiger partial charge on any atom is -0.236 e. The Morgan fingerprint density at radius 3 is 1.62 bits per heavy atom.